The van der Waals surface area contributed by atoms with Gasteiger partial charge in [-0.15, -0.1) is 0 Å². The van der Waals surface area contributed by atoms with Crippen molar-refractivity contribution in [3.8, 4) is 0 Å². The van der Waals surface area contributed by atoms with Crippen LogP contribution in [0.2, 0.25) is 0 Å². The number of urea groups is 1. The number of ether oxygens (including phenoxy) is 1. The summed E-state index contributed by atoms with van der Waals surface area (Å²) < 4.78 is 5.06. The number of carbonyl (C=O) groups is 2. The number of benzene rings is 1. The Labute approximate surface area is 118 Å². The summed E-state index contributed by atoms with van der Waals surface area (Å²) in [7, 11) is 1.59. The van der Waals surface area contributed by atoms with Crippen molar-refractivity contribution in [2.45, 2.75) is 32.4 Å². The maximum atomic E-state index is 11.8. The highest BCUT2D eigenvalue weighted by molar-refractivity contribution is 5.90. The van der Waals surface area contributed by atoms with Gasteiger partial charge >= 0.3 is 12.0 Å². The minimum Gasteiger partial charge on any atom is -0.481 e. The van der Waals surface area contributed by atoms with E-state index in [1.807, 2.05) is 18.2 Å². The van der Waals surface area contributed by atoms with E-state index < -0.39 is 5.97 Å². The van der Waals surface area contributed by atoms with Crippen LogP contribution in [0.5, 0.6) is 0 Å². The van der Waals surface area contributed by atoms with E-state index in [4.69, 9.17) is 9.84 Å². The van der Waals surface area contributed by atoms with E-state index in [2.05, 4.69) is 10.6 Å². The van der Waals surface area contributed by atoms with Gasteiger partial charge in [-0.1, -0.05) is 18.2 Å². The van der Waals surface area contributed by atoms with Crippen LogP contribution in [-0.2, 0) is 16.1 Å². The van der Waals surface area contributed by atoms with E-state index in [0.29, 0.717) is 18.7 Å². The highest BCUT2D eigenvalue weighted by Gasteiger charge is 2.10. The number of carboxylic acids is 1. The van der Waals surface area contributed by atoms with Crippen molar-refractivity contribution in [3.63, 3.8) is 0 Å². The molecule has 0 aliphatic rings. The van der Waals surface area contributed by atoms with Gasteiger partial charge in [-0.3, -0.25) is 4.79 Å². The van der Waals surface area contributed by atoms with Crippen LogP contribution in [0, 0.1) is 0 Å². The molecule has 20 heavy (non-hydrogen) atoms. The van der Waals surface area contributed by atoms with E-state index in [1.165, 1.54) is 0 Å². The number of carboxylic acid groups (broad SMARTS) is 1. The molecule has 0 bridgehead atoms. The Bertz CT molecular complexity index is 462. The molecule has 1 aromatic rings. The largest absolute Gasteiger partial charge is 0.481 e. The fourth-order valence-corrected chi connectivity index (χ4v) is 1.72. The molecule has 3 N–H and O–H groups in total. The zero-order valence-corrected chi connectivity index (χ0v) is 11.7. The number of methoxy groups -OCH3 is 1. The predicted octanol–water partition coefficient (Wildman–Crippen LogP) is 2.21. The van der Waals surface area contributed by atoms with Crippen LogP contribution < -0.4 is 10.6 Å². The number of para-hydroxylation sites is 1. The number of amides is 2. The standard InChI is InChI=1S/C14H20N2O4/c1-10(7-8-13(17)18)15-14(19)16-12-6-4-3-5-11(12)9-20-2/h3-6,10H,7-9H2,1-2H3,(H,17,18)(H2,15,16,19). The normalized spacial score (nSPS) is 11.7. The van der Waals surface area contributed by atoms with Crippen molar-refractivity contribution in [2.75, 3.05) is 12.4 Å². The van der Waals surface area contributed by atoms with Crippen LogP contribution in [0.3, 0.4) is 0 Å². The van der Waals surface area contributed by atoms with Crippen LogP contribution >= 0.6 is 0 Å². The highest BCUT2D eigenvalue weighted by atomic mass is 16.5. The topological polar surface area (TPSA) is 87.7 Å². The van der Waals surface area contributed by atoms with Crippen molar-refractivity contribution in [1.82, 2.24) is 5.32 Å². The fourth-order valence-electron chi connectivity index (χ4n) is 1.72. The Morgan fingerprint density at radius 3 is 2.70 bits per heavy atom. The summed E-state index contributed by atoms with van der Waals surface area (Å²) in [4.78, 5) is 22.3. The molecule has 0 saturated carbocycles. The van der Waals surface area contributed by atoms with Crippen molar-refractivity contribution in [1.29, 1.82) is 0 Å². The van der Waals surface area contributed by atoms with Gasteiger partial charge in [0, 0.05) is 30.8 Å². The molecule has 1 atom stereocenters. The molecular formula is C14H20N2O4. The van der Waals surface area contributed by atoms with E-state index >= 15 is 0 Å². The van der Waals surface area contributed by atoms with Gasteiger partial charge < -0.3 is 20.5 Å². The first-order valence-corrected chi connectivity index (χ1v) is 6.39. The molecule has 0 fully saturated rings. The van der Waals surface area contributed by atoms with E-state index in [0.717, 1.165) is 5.56 Å². The Morgan fingerprint density at radius 2 is 2.05 bits per heavy atom. The highest BCUT2D eigenvalue weighted by Crippen LogP contribution is 2.15. The first-order valence-electron chi connectivity index (χ1n) is 6.39. The average Bonchev–Trinajstić information content (AvgIpc) is 2.39. The molecule has 1 unspecified atom stereocenters. The first-order chi connectivity index (χ1) is 9.52. The number of nitrogens with one attached hydrogen (secondary N) is 2. The summed E-state index contributed by atoms with van der Waals surface area (Å²) >= 11 is 0. The van der Waals surface area contributed by atoms with Gasteiger partial charge in [0.15, 0.2) is 0 Å². The Hall–Kier alpha value is -2.08. The molecule has 6 nitrogen and oxygen atoms in total. The Morgan fingerprint density at radius 1 is 1.35 bits per heavy atom. The number of hydrogen-bond donors (Lipinski definition) is 3. The summed E-state index contributed by atoms with van der Waals surface area (Å²) in [6.07, 6.45) is 0.421. The summed E-state index contributed by atoms with van der Waals surface area (Å²) in [5.74, 6) is -0.871. The van der Waals surface area contributed by atoms with Crippen molar-refractivity contribution in [3.05, 3.63) is 29.8 Å². The number of rotatable bonds is 7. The lowest BCUT2D eigenvalue weighted by Gasteiger charge is -2.15. The SMILES string of the molecule is COCc1ccccc1NC(=O)NC(C)CCC(=O)O. The van der Waals surface area contributed by atoms with Gasteiger partial charge in [0.2, 0.25) is 0 Å². The summed E-state index contributed by atoms with van der Waals surface area (Å²) in [5, 5.41) is 14.0. The molecule has 0 aliphatic carbocycles. The molecular weight excluding hydrogens is 260 g/mol. The smallest absolute Gasteiger partial charge is 0.319 e. The Kier molecular flexibility index (Phi) is 6.52. The molecule has 0 aliphatic heterocycles. The van der Waals surface area contributed by atoms with Gasteiger partial charge in [0.1, 0.15) is 0 Å². The lowest BCUT2D eigenvalue weighted by molar-refractivity contribution is -0.137. The molecule has 1 rings (SSSR count). The molecule has 110 valence electrons. The molecule has 0 saturated heterocycles. The monoisotopic (exact) mass is 280 g/mol. The maximum Gasteiger partial charge on any atom is 0.319 e. The molecule has 0 spiro atoms. The first kappa shape index (κ1) is 16.0. The summed E-state index contributed by atoms with van der Waals surface area (Å²) in [6, 6.07) is 6.78. The number of hydrogen-bond acceptors (Lipinski definition) is 3. The predicted molar refractivity (Wildman–Crippen MR) is 75.6 cm³/mol. The van der Waals surface area contributed by atoms with Crippen LogP contribution in [0.1, 0.15) is 25.3 Å². The zero-order valence-electron chi connectivity index (χ0n) is 11.7. The lowest BCUT2D eigenvalue weighted by Crippen LogP contribution is -2.36. The van der Waals surface area contributed by atoms with Crippen molar-refractivity contribution >= 4 is 17.7 Å². The molecule has 2 amide bonds. The third-order valence-corrected chi connectivity index (χ3v) is 2.73. The minimum absolute atomic E-state index is 0.0295. The number of carbonyl (C=O) groups excluding carboxylic acids is 1. The van der Waals surface area contributed by atoms with Crippen LogP contribution in [-0.4, -0.2) is 30.3 Å². The van der Waals surface area contributed by atoms with E-state index in [1.54, 1.807) is 20.1 Å². The average molecular weight is 280 g/mol. The van der Waals surface area contributed by atoms with Crippen LogP contribution in [0.4, 0.5) is 10.5 Å². The van der Waals surface area contributed by atoms with Gasteiger partial charge in [-0.2, -0.15) is 0 Å². The van der Waals surface area contributed by atoms with Gasteiger partial charge in [0.05, 0.1) is 6.61 Å². The third-order valence-electron chi connectivity index (χ3n) is 2.73. The Balaban J connectivity index is 2.51. The number of anilines is 1. The van der Waals surface area contributed by atoms with Gasteiger partial charge in [0.25, 0.3) is 0 Å². The second-order valence-electron chi connectivity index (χ2n) is 4.52. The van der Waals surface area contributed by atoms with Gasteiger partial charge in [-0.05, 0) is 19.4 Å². The quantitative estimate of drug-likeness (QED) is 0.714. The van der Waals surface area contributed by atoms with Crippen LogP contribution in [0.25, 0.3) is 0 Å². The second-order valence-corrected chi connectivity index (χ2v) is 4.52. The lowest BCUT2D eigenvalue weighted by atomic mass is 10.2. The van der Waals surface area contributed by atoms with Crippen molar-refractivity contribution in [2.24, 2.45) is 0 Å². The fraction of sp³-hybridized carbons (Fsp3) is 0.429. The summed E-state index contributed by atoms with van der Waals surface area (Å²) in [5.41, 5.74) is 1.56. The van der Waals surface area contributed by atoms with E-state index in [-0.39, 0.29) is 18.5 Å². The minimum atomic E-state index is -0.871. The maximum absolute atomic E-state index is 11.8. The molecule has 0 radical (unpaired) electrons. The second kappa shape index (κ2) is 8.16. The summed E-state index contributed by atoms with van der Waals surface area (Å²) in [6.45, 7) is 2.18. The molecule has 0 aromatic heterocycles. The zero-order chi connectivity index (χ0) is 15.0. The third kappa shape index (κ3) is 5.71. The van der Waals surface area contributed by atoms with E-state index in [9.17, 15) is 9.59 Å². The molecule has 6 heteroatoms. The van der Waals surface area contributed by atoms with Crippen molar-refractivity contribution < 1.29 is 19.4 Å². The number of aliphatic carboxylic acids is 1. The van der Waals surface area contributed by atoms with Gasteiger partial charge in [-0.25, -0.2) is 4.79 Å². The van der Waals surface area contributed by atoms with Crippen LogP contribution in [0.15, 0.2) is 24.3 Å². The molecule has 1 aromatic carbocycles. The molecule has 0 heterocycles.